The predicted molar refractivity (Wildman–Crippen MR) is 136 cm³/mol. The molecule has 0 aliphatic heterocycles. The van der Waals surface area contributed by atoms with Crippen molar-refractivity contribution in [1.29, 1.82) is 0 Å². The van der Waals surface area contributed by atoms with E-state index in [2.05, 4.69) is 21.5 Å². The predicted octanol–water partition coefficient (Wildman–Crippen LogP) is 3.33. The highest BCUT2D eigenvalue weighted by Crippen LogP contribution is 2.09. The molecule has 0 aliphatic carbocycles. The Bertz CT molecular complexity index is 919. The molecule has 0 bridgehead atoms. The fraction of sp³-hybridized carbons (Fsp3) is 0.444. The van der Waals surface area contributed by atoms with Crippen molar-refractivity contribution < 1.29 is 19.1 Å². The van der Waals surface area contributed by atoms with Crippen LogP contribution in [0.5, 0.6) is 0 Å². The summed E-state index contributed by atoms with van der Waals surface area (Å²) >= 11 is 0. The number of nitrogens with one attached hydrogen (secondary N) is 4. The van der Waals surface area contributed by atoms with Gasteiger partial charge in [-0.1, -0.05) is 88.4 Å². The third-order valence-corrected chi connectivity index (χ3v) is 5.17. The number of benzene rings is 2. The zero-order chi connectivity index (χ0) is 25.6. The Balaban J connectivity index is 2.05. The van der Waals surface area contributed by atoms with Crippen LogP contribution >= 0.6 is 0 Å². The summed E-state index contributed by atoms with van der Waals surface area (Å²) in [4.78, 5) is 38.5. The second-order valence-corrected chi connectivity index (χ2v) is 9.40. The second kappa shape index (κ2) is 14.8. The van der Waals surface area contributed by atoms with Gasteiger partial charge in [0.25, 0.3) is 5.91 Å². The van der Waals surface area contributed by atoms with Crippen LogP contribution in [0.2, 0.25) is 0 Å². The summed E-state index contributed by atoms with van der Waals surface area (Å²) in [5.74, 6) is -0.304. The lowest BCUT2D eigenvalue weighted by Crippen LogP contribution is -2.56. The quantitative estimate of drug-likeness (QED) is 0.328. The van der Waals surface area contributed by atoms with Crippen LogP contribution in [0.15, 0.2) is 60.7 Å². The topological polar surface area (TPSA) is 109 Å². The first-order valence-corrected chi connectivity index (χ1v) is 12.1. The van der Waals surface area contributed by atoms with Gasteiger partial charge < -0.3 is 15.4 Å². The van der Waals surface area contributed by atoms with E-state index in [0.717, 1.165) is 11.1 Å². The summed E-state index contributed by atoms with van der Waals surface area (Å²) in [5.41, 5.74) is 7.35. The van der Waals surface area contributed by atoms with Crippen LogP contribution in [-0.4, -0.2) is 36.5 Å². The van der Waals surface area contributed by atoms with Gasteiger partial charge in [0.05, 0.1) is 0 Å². The summed E-state index contributed by atoms with van der Waals surface area (Å²) < 4.78 is 5.29. The Kier molecular flexibility index (Phi) is 11.8. The van der Waals surface area contributed by atoms with Crippen LogP contribution < -0.4 is 21.5 Å². The molecule has 0 heterocycles. The molecule has 0 aliphatic rings. The Morgan fingerprint density at radius 2 is 1.34 bits per heavy atom. The molecule has 0 saturated carbocycles. The molecule has 0 spiro atoms. The van der Waals surface area contributed by atoms with Gasteiger partial charge in [0.15, 0.2) is 0 Å². The highest BCUT2D eigenvalue weighted by Gasteiger charge is 2.28. The summed E-state index contributed by atoms with van der Waals surface area (Å²) in [5, 5.41) is 5.49. The molecule has 0 saturated heterocycles. The summed E-state index contributed by atoms with van der Waals surface area (Å²) in [6.45, 7) is 8.68. The number of rotatable bonds is 13. The smallest absolute Gasteiger partial charge is 0.408 e. The number of amides is 3. The van der Waals surface area contributed by atoms with Crippen molar-refractivity contribution in [3.63, 3.8) is 0 Å². The molecule has 190 valence electrons. The Morgan fingerprint density at radius 3 is 1.91 bits per heavy atom. The number of hydrogen-bond donors (Lipinski definition) is 4. The van der Waals surface area contributed by atoms with Crippen molar-refractivity contribution in [2.75, 3.05) is 6.54 Å². The van der Waals surface area contributed by atoms with E-state index in [1.165, 1.54) is 0 Å². The summed E-state index contributed by atoms with van der Waals surface area (Å²) in [6, 6.07) is 17.1. The van der Waals surface area contributed by atoms with Crippen molar-refractivity contribution >= 4 is 17.9 Å². The van der Waals surface area contributed by atoms with Crippen LogP contribution in [0.1, 0.15) is 45.2 Å². The van der Waals surface area contributed by atoms with Gasteiger partial charge in [-0.15, -0.1) is 0 Å². The largest absolute Gasteiger partial charge is 0.445 e. The van der Waals surface area contributed by atoms with E-state index >= 15 is 0 Å². The van der Waals surface area contributed by atoms with E-state index in [1.807, 2.05) is 88.4 Å². The van der Waals surface area contributed by atoms with E-state index in [9.17, 15) is 14.4 Å². The molecular formula is C27H38N4O4. The van der Waals surface area contributed by atoms with Crippen LogP contribution in [0.3, 0.4) is 0 Å². The molecular weight excluding hydrogens is 444 g/mol. The molecule has 8 heteroatoms. The highest BCUT2D eigenvalue weighted by atomic mass is 16.5. The number of carbonyl (C=O) groups is 3. The summed E-state index contributed by atoms with van der Waals surface area (Å²) in [6.07, 6.45) is 0.0314. The minimum absolute atomic E-state index is 0.100. The van der Waals surface area contributed by atoms with E-state index in [0.29, 0.717) is 25.3 Å². The molecule has 2 aromatic carbocycles. The third kappa shape index (κ3) is 11.1. The molecule has 0 fully saturated rings. The molecule has 35 heavy (non-hydrogen) atoms. The van der Waals surface area contributed by atoms with Crippen molar-refractivity contribution in [2.45, 2.75) is 59.2 Å². The maximum atomic E-state index is 13.2. The van der Waals surface area contributed by atoms with Crippen LogP contribution in [0, 0.1) is 11.8 Å². The van der Waals surface area contributed by atoms with E-state index in [1.54, 1.807) is 0 Å². The van der Waals surface area contributed by atoms with Gasteiger partial charge in [0.1, 0.15) is 18.7 Å². The molecule has 0 unspecified atom stereocenters. The molecule has 2 aromatic rings. The molecule has 2 atom stereocenters. The molecule has 2 rings (SSSR count). The number of hydrogen-bond acceptors (Lipinski definition) is 5. The first kappa shape index (κ1) is 27.9. The third-order valence-electron chi connectivity index (χ3n) is 5.17. The number of alkyl carbamates (subject to hydrolysis) is 1. The average Bonchev–Trinajstić information content (AvgIpc) is 2.82. The number of carbonyl (C=O) groups excluding carboxylic acids is 3. The lowest BCUT2D eigenvalue weighted by molar-refractivity contribution is -0.130. The van der Waals surface area contributed by atoms with Gasteiger partial charge in [-0.2, -0.15) is 0 Å². The van der Waals surface area contributed by atoms with Crippen molar-refractivity contribution in [3.8, 4) is 0 Å². The maximum absolute atomic E-state index is 13.2. The van der Waals surface area contributed by atoms with Gasteiger partial charge in [-0.3, -0.25) is 15.0 Å². The molecule has 0 aromatic heterocycles. The second-order valence-electron chi connectivity index (χ2n) is 9.40. The normalized spacial score (nSPS) is 12.6. The zero-order valence-corrected chi connectivity index (χ0v) is 21.0. The highest BCUT2D eigenvalue weighted by molar-refractivity contribution is 5.91. The Morgan fingerprint density at radius 1 is 0.743 bits per heavy atom. The first-order chi connectivity index (χ1) is 16.7. The lowest BCUT2D eigenvalue weighted by atomic mass is 10.0. The fourth-order valence-corrected chi connectivity index (χ4v) is 3.37. The average molecular weight is 483 g/mol. The fourth-order valence-electron chi connectivity index (χ4n) is 3.37. The van der Waals surface area contributed by atoms with Crippen molar-refractivity contribution in [1.82, 2.24) is 21.5 Å². The molecule has 3 amide bonds. The maximum Gasteiger partial charge on any atom is 0.408 e. The van der Waals surface area contributed by atoms with E-state index in [4.69, 9.17) is 4.74 Å². The monoisotopic (exact) mass is 482 g/mol. The Hall–Kier alpha value is -3.39. The number of ether oxygens (including phenoxy) is 1. The van der Waals surface area contributed by atoms with Gasteiger partial charge in [-0.25, -0.2) is 10.2 Å². The Labute approximate surface area is 208 Å². The lowest BCUT2D eigenvalue weighted by Gasteiger charge is -2.24. The van der Waals surface area contributed by atoms with Crippen LogP contribution in [0.25, 0.3) is 0 Å². The van der Waals surface area contributed by atoms with E-state index in [-0.39, 0.29) is 18.4 Å². The van der Waals surface area contributed by atoms with Gasteiger partial charge in [-0.05, 0) is 29.4 Å². The molecule has 0 radical (unpaired) electrons. The number of hydrazine groups is 1. The minimum Gasteiger partial charge on any atom is -0.445 e. The first-order valence-electron chi connectivity index (χ1n) is 12.1. The van der Waals surface area contributed by atoms with Gasteiger partial charge in [0, 0.05) is 13.0 Å². The zero-order valence-electron chi connectivity index (χ0n) is 21.0. The van der Waals surface area contributed by atoms with Gasteiger partial charge >= 0.3 is 6.09 Å². The van der Waals surface area contributed by atoms with Crippen molar-refractivity contribution in [2.24, 2.45) is 11.8 Å². The SMILES string of the molecule is CC(C)CNNC(=O)[C@H](Cc1ccccc1)NC(=O)[C@H](CC(C)C)NC(=O)OCc1ccccc1. The van der Waals surface area contributed by atoms with Crippen LogP contribution in [0.4, 0.5) is 4.79 Å². The van der Waals surface area contributed by atoms with Crippen molar-refractivity contribution in [3.05, 3.63) is 71.8 Å². The minimum atomic E-state index is -0.840. The van der Waals surface area contributed by atoms with E-state index < -0.39 is 24.1 Å². The summed E-state index contributed by atoms with van der Waals surface area (Å²) in [7, 11) is 0. The van der Waals surface area contributed by atoms with Gasteiger partial charge in [0.2, 0.25) is 5.91 Å². The standard InChI is InChI=1S/C27H38N4O4/c1-19(2)15-23(30-27(34)35-18-22-13-9-6-10-14-22)25(32)29-24(16-21-11-7-5-8-12-21)26(33)31-28-17-20(3)4/h5-14,19-20,23-24,28H,15-18H2,1-4H3,(H,29,32)(H,30,34)(H,31,33)/t23-,24-/m0/s1. The molecule has 8 nitrogen and oxygen atoms in total. The molecule has 4 N–H and O–H groups in total. The van der Waals surface area contributed by atoms with Crippen LogP contribution in [-0.2, 0) is 27.4 Å².